The standard InChI is InChI=1S/C13H14ClN3O2/c1-4-19-13(18)11-15-12(17(3)16-11)9-6-5-7-10(14)8(9)2/h5-7H,4H2,1-3H3. The third kappa shape index (κ3) is 2.61. The van der Waals surface area contributed by atoms with E-state index >= 15 is 0 Å². The zero-order chi connectivity index (χ0) is 14.0. The fourth-order valence-electron chi connectivity index (χ4n) is 1.75. The molecular weight excluding hydrogens is 266 g/mol. The number of hydrogen-bond acceptors (Lipinski definition) is 4. The van der Waals surface area contributed by atoms with E-state index in [0.29, 0.717) is 17.5 Å². The summed E-state index contributed by atoms with van der Waals surface area (Å²) < 4.78 is 6.43. The van der Waals surface area contributed by atoms with Gasteiger partial charge in [0, 0.05) is 17.6 Å². The first-order valence-corrected chi connectivity index (χ1v) is 6.26. The minimum absolute atomic E-state index is 0.0544. The van der Waals surface area contributed by atoms with E-state index in [9.17, 15) is 4.79 Å². The maximum atomic E-state index is 11.6. The van der Waals surface area contributed by atoms with Gasteiger partial charge in [-0.1, -0.05) is 23.7 Å². The summed E-state index contributed by atoms with van der Waals surface area (Å²) in [6.07, 6.45) is 0. The Bertz CT molecular complexity index is 622. The van der Waals surface area contributed by atoms with E-state index in [2.05, 4.69) is 10.1 Å². The molecule has 0 aliphatic rings. The molecule has 0 fully saturated rings. The Kier molecular flexibility index (Phi) is 3.85. The first kappa shape index (κ1) is 13.5. The van der Waals surface area contributed by atoms with Crippen molar-refractivity contribution in [3.8, 4) is 11.4 Å². The van der Waals surface area contributed by atoms with Gasteiger partial charge in [0.05, 0.1) is 6.61 Å². The first-order valence-electron chi connectivity index (χ1n) is 5.88. The number of hydrogen-bond donors (Lipinski definition) is 0. The second-order valence-corrected chi connectivity index (χ2v) is 4.42. The van der Waals surface area contributed by atoms with Gasteiger partial charge in [0.25, 0.3) is 5.82 Å². The number of aromatic nitrogens is 3. The molecule has 0 spiro atoms. The van der Waals surface area contributed by atoms with Crippen LogP contribution in [-0.4, -0.2) is 27.3 Å². The number of carbonyl (C=O) groups is 1. The lowest BCUT2D eigenvalue weighted by Gasteiger charge is -2.05. The Morgan fingerprint density at radius 2 is 2.21 bits per heavy atom. The quantitative estimate of drug-likeness (QED) is 0.811. The Labute approximate surface area is 116 Å². The van der Waals surface area contributed by atoms with Gasteiger partial charge in [-0.25, -0.2) is 14.5 Å². The minimum atomic E-state index is -0.524. The zero-order valence-electron chi connectivity index (χ0n) is 11.0. The molecule has 0 saturated heterocycles. The predicted octanol–water partition coefficient (Wildman–Crippen LogP) is 2.62. The molecule has 19 heavy (non-hydrogen) atoms. The van der Waals surface area contributed by atoms with Gasteiger partial charge in [-0.15, -0.1) is 5.10 Å². The van der Waals surface area contributed by atoms with Crippen LogP contribution in [0.15, 0.2) is 18.2 Å². The minimum Gasteiger partial charge on any atom is -0.460 e. The first-order chi connectivity index (χ1) is 9.04. The summed E-state index contributed by atoms with van der Waals surface area (Å²) in [7, 11) is 1.73. The number of carbonyl (C=O) groups excluding carboxylic acids is 1. The van der Waals surface area contributed by atoms with Gasteiger partial charge in [-0.2, -0.15) is 0 Å². The fraction of sp³-hybridized carbons (Fsp3) is 0.308. The highest BCUT2D eigenvalue weighted by Crippen LogP contribution is 2.26. The summed E-state index contributed by atoms with van der Waals surface area (Å²) in [5.74, 6) is 0.116. The monoisotopic (exact) mass is 279 g/mol. The van der Waals surface area contributed by atoms with Crippen molar-refractivity contribution in [2.45, 2.75) is 13.8 Å². The number of benzene rings is 1. The van der Waals surface area contributed by atoms with Crippen LogP contribution in [-0.2, 0) is 11.8 Å². The Hall–Kier alpha value is -1.88. The number of halogens is 1. The second kappa shape index (κ2) is 5.40. The van der Waals surface area contributed by atoms with Crippen molar-refractivity contribution < 1.29 is 9.53 Å². The van der Waals surface area contributed by atoms with E-state index in [0.717, 1.165) is 11.1 Å². The van der Waals surface area contributed by atoms with Crippen LogP contribution in [0.4, 0.5) is 0 Å². The fourth-order valence-corrected chi connectivity index (χ4v) is 1.93. The number of ether oxygens (including phenoxy) is 1. The normalized spacial score (nSPS) is 10.5. The zero-order valence-corrected chi connectivity index (χ0v) is 11.7. The number of rotatable bonds is 3. The summed E-state index contributed by atoms with van der Waals surface area (Å²) >= 11 is 6.09. The molecule has 0 N–H and O–H groups in total. The number of esters is 1. The molecule has 1 aromatic carbocycles. The lowest BCUT2D eigenvalue weighted by Crippen LogP contribution is -2.07. The van der Waals surface area contributed by atoms with Crippen LogP contribution in [0.2, 0.25) is 5.02 Å². The summed E-state index contributed by atoms with van der Waals surface area (Å²) in [4.78, 5) is 15.8. The molecular formula is C13H14ClN3O2. The van der Waals surface area contributed by atoms with E-state index in [-0.39, 0.29) is 5.82 Å². The summed E-state index contributed by atoms with van der Waals surface area (Å²) in [5.41, 5.74) is 1.74. The van der Waals surface area contributed by atoms with Crippen LogP contribution in [0.3, 0.4) is 0 Å². The molecule has 1 heterocycles. The molecule has 0 saturated carbocycles. The largest absolute Gasteiger partial charge is 0.460 e. The van der Waals surface area contributed by atoms with Crippen LogP contribution < -0.4 is 0 Å². The van der Waals surface area contributed by atoms with E-state index in [4.69, 9.17) is 16.3 Å². The average molecular weight is 280 g/mol. The molecule has 2 rings (SSSR count). The highest BCUT2D eigenvalue weighted by atomic mass is 35.5. The average Bonchev–Trinajstić information content (AvgIpc) is 2.75. The van der Waals surface area contributed by atoms with E-state index < -0.39 is 5.97 Å². The number of nitrogens with zero attached hydrogens (tertiary/aromatic N) is 3. The van der Waals surface area contributed by atoms with Crippen molar-refractivity contribution in [2.24, 2.45) is 7.05 Å². The van der Waals surface area contributed by atoms with Crippen molar-refractivity contribution in [3.63, 3.8) is 0 Å². The molecule has 2 aromatic rings. The Morgan fingerprint density at radius 3 is 2.89 bits per heavy atom. The molecule has 0 bridgehead atoms. The molecule has 0 amide bonds. The van der Waals surface area contributed by atoms with E-state index in [1.807, 2.05) is 25.1 Å². The van der Waals surface area contributed by atoms with Crippen LogP contribution in [0.1, 0.15) is 23.1 Å². The highest BCUT2D eigenvalue weighted by Gasteiger charge is 2.18. The van der Waals surface area contributed by atoms with E-state index in [1.165, 1.54) is 0 Å². The van der Waals surface area contributed by atoms with Gasteiger partial charge < -0.3 is 4.74 Å². The third-order valence-corrected chi connectivity index (χ3v) is 3.14. The molecule has 0 aliphatic heterocycles. The van der Waals surface area contributed by atoms with Crippen LogP contribution >= 0.6 is 11.6 Å². The number of aryl methyl sites for hydroxylation is 1. The predicted molar refractivity (Wildman–Crippen MR) is 72.1 cm³/mol. The van der Waals surface area contributed by atoms with Crippen LogP contribution in [0.25, 0.3) is 11.4 Å². The smallest absolute Gasteiger partial charge is 0.378 e. The summed E-state index contributed by atoms with van der Waals surface area (Å²) in [6, 6.07) is 5.53. The molecule has 0 unspecified atom stereocenters. The molecule has 6 heteroatoms. The molecule has 1 aromatic heterocycles. The molecule has 0 radical (unpaired) electrons. The molecule has 100 valence electrons. The van der Waals surface area contributed by atoms with Gasteiger partial charge >= 0.3 is 5.97 Å². The Balaban J connectivity index is 2.46. The van der Waals surface area contributed by atoms with Crippen LogP contribution in [0, 0.1) is 6.92 Å². The molecule has 0 aliphatic carbocycles. The molecule has 0 atom stereocenters. The third-order valence-electron chi connectivity index (χ3n) is 2.73. The van der Waals surface area contributed by atoms with Crippen molar-refractivity contribution in [1.29, 1.82) is 0 Å². The van der Waals surface area contributed by atoms with Crippen molar-refractivity contribution in [2.75, 3.05) is 6.61 Å². The lowest BCUT2D eigenvalue weighted by atomic mass is 10.1. The van der Waals surface area contributed by atoms with Crippen molar-refractivity contribution in [1.82, 2.24) is 14.8 Å². The van der Waals surface area contributed by atoms with Gasteiger partial charge in [-0.05, 0) is 25.5 Å². The summed E-state index contributed by atoms with van der Waals surface area (Å²) in [6.45, 7) is 3.93. The lowest BCUT2D eigenvalue weighted by molar-refractivity contribution is 0.0512. The van der Waals surface area contributed by atoms with Crippen molar-refractivity contribution in [3.05, 3.63) is 34.6 Å². The SMILES string of the molecule is CCOC(=O)c1nc(-c2cccc(Cl)c2C)n(C)n1. The van der Waals surface area contributed by atoms with Crippen LogP contribution in [0.5, 0.6) is 0 Å². The van der Waals surface area contributed by atoms with Gasteiger partial charge in [0.2, 0.25) is 0 Å². The van der Waals surface area contributed by atoms with Gasteiger partial charge in [0.15, 0.2) is 5.82 Å². The maximum absolute atomic E-state index is 11.6. The van der Waals surface area contributed by atoms with Gasteiger partial charge in [-0.3, -0.25) is 0 Å². The Morgan fingerprint density at radius 1 is 1.47 bits per heavy atom. The highest BCUT2D eigenvalue weighted by molar-refractivity contribution is 6.31. The van der Waals surface area contributed by atoms with E-state index in [1.54, 1.807) is 18.7 Å². The maximum Gasteiger partial charge on any atom is 0.378 e. The second-order valence-electron chi connectivity index (χ2n) is 4.02. The van der Waals surface area contributed by atoms with Gasteiger partial charge in [0.1, 0.15) is 0 Å². The van der Waals surface area contributed by atoms with Crippen molar-refractivity contribution >= 4 is 17.6 Å². The summed E-state index contributed by atoms with van der Waals surface area (Å²) in [5, 5.41) is 4.72. The topological polar surface area (TPSA) is 57.0 Å². The molecule has 5 nitrogen and oxygen atoms in total.